The third-order valence-electron chi connectivity index (χ3n) is 2.61. The number of aliphatic imine (C=N–C) groups is 1. The third-order valence-corrected chi connectivity index (χ3v) is 2.61. The quantitative estimate of drug-likeness (QED) is 0.766. The summed E-state index contributed by atoms with van der Waals surface area (Å²) in [6, 6.07) is 0. The van der Waals surface area contributed by atoms with Crippen LogP contribution in [0.25, 0.3) is 0 Å². The molecule has 1 N–H and O–H groups in total. The second-order valence-corrected chi connectivity index (χ2v) is 3.89. The van der Waals surface area contributed by atoms with Gasteiger partial charge in [-0.2, -0.15) is 0 Å². The standard InChI is InChI=1S/C11H23NO.Gd/c1-6-8-11(13,9(3)4)10(5)12-7-2;/h9,13H,6-8H2,1-5H3;. The molecule has 0 saturated heterocycles. The second-order valence-electron chi connectivity index (χ2n) is 3.89. The van der Waals surface area contributed by atoms with E-state index in [4.69, 9.17) is 0 Å². The summed E-state index contributed by atoms with van der Waals surface area (Å²) in [5.41, 5.74) is 0.192. The Balaban J connectivity index is 0. The van der Waals surface area contributed by atoms with Crippen LogP contribution in [0.2, 0.25) is 0 Å². The van der Waals surface area contributed by atoms with Crippen molar-refractivity contribution < 1.29 is 45.0 Å². The molecule has 0 aliphatic heterocycles. The van der Waals surface area contributed by atoms with E-state index in [9.17, 15) is 5.11 Å². The van der Waals surface area contributed by atoms with Crippen molar-refractivity contribution in [1.82, 2.24) is 0 Å². The molecule has 0 spiro atoms. The van der Waals surface area contributed by atoms with Gasteiger partial charge in [0.1, 0.15) is 5.60 Å². The summed E-state index contributed by atoms with van der Waals surface area (Å²) in [4.78, 5) is 4.30. The minimum Gasteiger partial charge on any atom is -0.384 e. The molecule has 0 aromatic heterocycles. The largest absolute Gasteiger partial charge is 0.384 e. The summed E-state index contributed by atoms with van der Waals surface area (Å²) in [6.07, 6.45) is 1.80. The van der Waals surface area contributed by atoms with Crippen molar-refractivity contribution in [2.45, 2.75) is 53.1 Å². The maximum Gasteiger partial charge on any atom is 0.104 e. The molecule has 0 aliphatic carbocycles. The van der Waals surface area contributed by atoms with Crippen LogP contribution >= 0.6 is 0 Å². The molecule has 0 aromatic rings. The van der Waals surface area contributed by atoms with E-state index in [0.29, 0.717) is 0 Å². The van der Waals surface area contributed by atoms with Crippen LogP contribution < -0.4 is 0 Å². The van der Waals surface area contributed by atoms with Crippen LogP contribution in [0.4, 0.5) is 0 Å². The fourth-order valence-corrected chi connectivity index (χ4v) is 1.64. The molecule has 0 aliphatic rings. The minimum atomic E-state index is -0.690. The SMILES string of the molecule is CCCC(O)(C(C)=NCC)C(C)C.[Gd]. The van der Waals surface area contributed by atoms with Gasteiger partial charge in [0, 0.05) is 52.2 Å². The third kappa shape index (κ3) is 4.65. The van der Waals surface area contributed by atoms with E-state index in [1.807, 2.05) is 27.7 Å². The first kappa shape index (κ1) is 17.4. The van der Waals surface area contributed by atoms with Crippen molar-refractivity contribution in [1.29, 1.82) is 0 Å². The fourth-order valence-electron chi connectivity index (χ4n) is 1.64. The molecule has 0 rings (SSSR count). The van der Waals surface area contributed by atoms with Crippen molar-refractivity contribution in [2.75, 3.05) is 6.54 Å². The summed E-state index contributed by atoms with van der Waals surface area (Å²) < 4.78 is 0. The molecule has 0 amide bonds. The summed E-state index contributed by atoms with van der Waals surface area (Å²) in [7, 11) is 0. The predicted molar refractivity (Wildman–Crippen MR) is 58.3 cm³/mol. The topological polar surface area (TPSA) is 32.6 Å². The van der Waals surface area contributed by atoms with E-state index < -0.39 is 5.60 Å². The first-order valence-corrected chi connectivity index (χ1v) is 5.22. The van der Waals surface area contributed by atoms with E-state index in [0.717, 1.165) is 25.1 Å². The van der Waals surface area contributed by atoms with E-state index in [2.05, 4.69) is 11.9 Å². The molecule has 0 saturated carbocycles. The number of hydrogen-bond acceptors (Lipinski definition) is 2. The maximum absolute atomic E-state index is 10.4. The Kier molecular flexibility index (Phi) is 10.1. The Morgan fingerprint density at radius 2 is 1.86 bits per heavy atom. The normalized spacial score (nSPS) is 16.4. The molecule has 0 fully saturated rings. The van der Waals surface area contributed by atoms with Gasteiger partial charge >= 0.3 is 0 Å². The minimum absolute atomic E-state index is 0. The van der Waals surface area contributed by atoms with Crippen LogP contribution in [-0.2, 0) is 0 Å². The van der Waals surface area contributed by atoms with Gasteiger partial charge < -0.3 is 5.11 Å². The van der Waals surface area contributed by atoms with Crippen molar-refractivity contribution in [3.8, 4) is 0 Å². The van der Waals surface area contributed by atoms with Crippen molar-refractivity contribution in [2.24, 2.45) is 10.9 Å². The predicted octanol–water partition coefficient (Wildman–Crippen LogP) is 2.65. The van der Waals surface area contributed by atoms with Crippen LogP contribution in [0, 0.1) is 45.9 Å². The Hall–Kier alpha value is 0.955. The van der Waals surface area contributed by atoms with Crippen LogP contribution in [0.15, 0.2) is 4.99 Å². The van der Waals surface area contributed by atoms with Crippen LogP contribution in [0.5, 0.6) is 0 Å². The fraction of sp³-hybridized carbons (Fsp3) is 0.909. The number of rotatable bonds is 5. The van der Waals surface area contributed by atoms with E-state index >= 15 is 0 Å². The van der Waals surface area contributed by atoms with Crippen molar-refractivity contribution in [3.63, 3.8) is 0 Å². The second kappa shape index (κ2) is 8.15. The van der Waals surface area contributed by atoms with Crippen LogP contribution in [-0.4, -0.2) is 23.0 Å². The van der Waals surface area contributed by atoms with Crippen molar-refractivity contribution in [3.05, 3.63) is 0 Å². The Labute approximate surface area is 120 Å². The van der Waals surface area contributed by atoms with Crippen LogP contribution in [0.3, 0.4) is 0 Å². The molecule has 2 nitrogen and oxygen atoms in total. The van der Waals surface area contributed by atoms with Gasteiger partial charge in [0.25, 0.3) is 0 Å². The molecule has 0 radical (unpaired) electrons. The molecule has 1 atom stereocenters. The Morgan fingerprint density at radius 3 is 2.14 bits per heavy atom. The number of aliphatic hydroxyl groups is 1. The van der Waals surface area contributed by atoms with Gasteiger partial charge in [-0.25, -0.2) is 0 Å². The first-order chi connectivity index (χ1) is 5.99. The summed E-state index contributed by atoms with van der Waals surface area (Å²) in [5, 5.41) is 10.4. The smallest absolute Gasteiger partial charge is 0.104 e. The van der Waals surface area contributed by atoms with Crippen molar-refractivity contribution >= 4 is 5.71 Å². The average molecular weight is 343 g/mol. The average Bonchev–Trinajstić information content (AvgIpc) is 2.04. The van der Waals surface area contributed by atoms with Gasteiger partial charge in [0.15, 0.2) is 0 Å². The molecule has 0 bridgehead atoms. The van der Waals surface area contributed by atoms with Gasteiger partial charge in [-0.3, -0.25) is 4.99 Å². The maximum atomic E-state index is 10.4. The molecule has 0 heterocycles. The van der Waals surface area contributed by atoms with E-state index in [1.165, 1.54) is 0 Å². The van der Waals surface area contributed by atoms with Gasteiger partial charge in [0.2, 0.25) is 0 Å². The molecular weight excluding hydrogens is 319 g/mol. The van der Waals surface area contributed by atoms with E-state index in [-0.39, 0.29) is 45.9 Å². The molecule has 0 aromatic carbocycles. The molecule has 3 heteroatoms. The van der Waals surface area contributed by atoms with E-state index in [1.54, 1.807) is 0 Å². The molecule has 86 valence electrons. The molecule has 1 unspecified atom stereocenters. The number of nitrogens with zero attached hydrogens (tertiary/aromatic N) is 1. The summed E-state index contributed by atoms with van der Waals surface area (Å²) >= 11 is 0. The summed E-state index contributed by atoms with van der Waals surface area (Å²) in [5.74, 6) is 0.239. The zero-order valence-electron chi connectivity index (χ0n) is 9.95. The molecule has 14 heavy (non-hydrogen) atoms. The first-order valence-electron chi connectivity index (χ1n) is 5.22. The van der Waals surface area contributed by atoms with Gasteiger partial charge in [0.05, 0.1) is 0 Å². The van der Waals surface area contributed by atoms with Gasteiger partial charge in [-0.05, 0) is 26.2 Å². The zero-order valence-corrected chi connectivity index (χ0v) is 12.2. The van der Waals surface area contributed by atoms with Crippen LogP contribution in [0.1, 0.15) is 47.5 Å². The van der Waals surface area contributed by atoms with Gasteiger partial charge in [-0.15, -0.1) is 0 Å². The monoisotopic (exact) mass is 343 g/mol. The zero-order chi connectivity index (χ0) is 10.5. The Morgan fingerprint density at radius 1 is 1.36 bits per heavy atom. The molecular formula is C11H23GdNO. The number of hydrogen-bond donors (Lipinski definition) is 1. The summed E-state index contributed by atoms with van der Waals surface area (Å²) in [6.45, 7) is 10.9. The Bertz CT molecular complexity index is 180. The van der Waals surface area contributed by atoms with Gasteiger partial charge in [-0.1, -0.05) is 27.2 Å².